The minimum atomic E-state index is -0.191. The van der Waals surface area contributed by atoms with E-state index in [-0.39, 0.29) is 12.1 Å². The van der Waals surface area contributed by atoms with Crippen LogP contribution in [-0.2, 0) is 6.42 Å². The summed E-state index contributed by atoms with van der Waals surface area (Å²) < 4.78 is 0. The number of aromatic nitrogens is 1. The predicted octanol–water partition coefficient (Wildman–Crippen LogP) is 2.81. The molecule has 1 aromatic heterocycles. The summed E-state index contributed by atoms with van der Waals surface area (Å²) in [5.41, 5.74) is 2.12. The van der Waals surface area contributed by atoms with Crippen molar-refractivity contribution in [1.82, 2.24) is 15.6 Å². The number of aliphatic hydroxyl groups is 1. The van der Waals surface area contributed by atoms with Gasteiger partial charge in [0.1, 0.15) is 5.01 Å². The van der Waals surface area contributed by atoms with Crippen molar-refractivity contribution in [2.75, 3.05) is 13.1 Å². The zero-order valence-electron chi connectivity index (χ0n) is 13.6. The molecule has 6 heteroatoms. The van der Waals surface area contributed by atoms with Gasteiger partial charge in [-0.2, -0.15) is 0 Å². The fraction of sp³-hybridized carbons (Fsp3) is 0.444. The van der Waals surface area contributed by atoms with Crippen LogP contribution >= 0.6 is 11.3 Å². The summed E-state index contributed by atoms with van der Waals surface area (Å²) in [4.78, 5) is 16.4. The molecule has 3 N–H and O–H groups in total. The summed E-state index contributed by atoms with van der Waals surface area (Å²) in [6.45, 7) is 1.20. The smallest absolute Gasteiger partial charge is 0.314 e. The summed E-state index contributed by atoms with van der Waals surface area (Å²) in [7, 11) is 0. The van der Waals surface area contributed by atoms with E-state index in [1.165, 1.54) is 0 Å². The Labute approximate surface area is 146 Å². The average Bonchev–Trinajstić information content (AvgIpc) is 3.23. The minimum absolute atomic E-state index is 0.144. The number of carbonyl (C=O) groups is 1. The van der Waals surface area contributed by atoms with Crippen molar-refractivity contribution in [3.8, 4) is 10.6 Å². The standard InChI is InChI=1S/C18H23N3O2S/c22-16-7-6-13(10-16)11-20-18(23)19-9-8-15-12-24-17(21-15)14-4-2-1-3-5-14/h1-5,12-13,16,22H,6-11H2,(H2,19,20,23). The van der Waals surface area contributed by atoms with E-state index in [4.69, 9.17) is 0 Å². The SMILES string of the molecule is O=C(NCCc1csc(-c2ccccc2)n1)NCC1CCC(O)C1. The number of aliphatic hydroxyl groups excluding tert-OH is 1. The number of urea groups is 1. The molecule has 1 heterocycles. The fourth-order valence-corrected chi connectivity index (χ4v) is 3.83. The highest BCUT2D eigenvalue weighted by molar-refractivity contribution is 7.13. The number of hydrogen-bond acceptors (Lipinski definition) is 4. The molecule has 0 aliphatic heterocycles. The highest BCUT2D eigenvalue weighted by Crippen LogP contribution is 2.24. The van der Waals surface area contributed by atoms with Crippen LogP contribution in [0.1, 0.15) is 25.0 Å². The Kier molecular flexibility index (Phi) is 5.82. The number of nitrogens with zero attached hydrogens (tertiary/aromatic N) is 1. The predicted molar refractivity (Wildman–Crippen MR) is 96.0 cm³/mol. The van der Waals surface area contributed by atoms with Crippen molar-refractivity contribution >= 4 is 17.4 Å². The van der Waals surface area contributed by atoms with Crippen LogP contribution in [0.4, 0.5) is 4.79 Å². The van der Waals surface area contributed by atoms with Crippen molar-refractivity contribution in [1.29, 1.82) is 0 Å². The van der Waals surface area contributed by atoms with Crippen LogP contribution in [0.3, 0.4) is 0 Å². The van der Waals surface area contributed by atoms with Gasteiger partial charge in [-0.05, 0) is 25.2 Å². The van der Waals surface area contributed by atoms with E-state index in [0.717, 1.165) is 41.9 Å². The maximum atomic E-state index is 11.8. The number of thiazole rings is 1. The van der Waals surface area contributed by atoms with E-state index in [1.807, 2.05) is 35.7 Å². The van der Waals surface area contributed by atoms with E-state index in [1.54, 1.807) is 11.3 Å². The van der Waals surface area contributed by atoms with Gasteiger partial charge in [0, 0.05) is 30.5 Å². The van der Waals surface area contributed by atoms with Gasteiger partial charge < -0.3 is 15.7 Å². The quantitative estimate of drug-likeness (QED) is 0.754. The summed E-state index contributed by atoms with van der Waals surface area (Å²) in [5.74, 6) is 0.401. The first-order chi connectivity index (χ1) is 11.7. The number of rotatable bonds is 6. The van der Waals surface area contributed by atoms with Crippen LogP contribution in [0.25, 0.3) is 10.6 Å². The summed E-state index contributed by atoms with van der Waals surface area (Å²) >= 11 is 1.63. The molecule has 3 rings (SSSR count). The van der Waals surface area contributed by atoms with Crippen LogP contribution in [0.5, 0.6) is 0 Å². The maximum absolute atomic E-state index is 11.8. The number of hydrogen-bond donors (Lipinski definition) is 3. The van der Waals surface area contributed by atoms with Crippen LogP contribution in [-0.4, -0.2) is 35.3 Å². The molecule has 128 valence electrons. The van der Waals surface area contributed by atoms with E-state index in [0.29, 0.717) is 19.0 Å². The molecule has 2 unspecified atom stereocenters. The molecule has 1 aromatic carbocycles. The van der Waals surface area contributed by atoms with Gasteiger partial charge in [0.15, 0.2) is 0 Å². The second kappa shape index (κ2) is 8.26. The topological polar surface area (TPSA) is 74.2 Å². The Morgan fingerprint density at radius 1 is 1.25 bits per heavy atom. The first-order valence-electron chi connectivity index (χ1n) is 8.40. The summed E-state index contributed by atoms with van der Waals surface area (Å²) in [6, 6.07) is 9.96. The third-order valence-corrected chi connectivity index (χ3v) is 5.24. The van der Waals surface area contributed by atoms with Gasteiger partial charge in [0.05, 0.1) is 11.8 Å². The normalized spacial score (nSPS) is 20.0. The third-order valence-electron chi connectivity index (χ3n) is 4.30. The van der Waals surface area contributed by atoms with Crippen LogP contribution in [0.15, 0.2) is 35.7 Å². The fourth-order valence-electron chi connectivity index (χ4n) is 2.97. The average molecular weight is 345 g/mol. The Bertz CT molecular complexity index is 659. The molecule has 1 fully saturated rings. The highest BCUT2D eigenvalue weighted by Gasteiger charge is 2.22. The maximum Gasteiger partial charge on any atom is 0.314 e. The molecule has 2 atom stereocenters. The second-order valence-corrected chi connectivity index (χ2v) is 7.09. The molecule has 1 aliphatic carbocycles. The van der Waals surface area contributed by atoms with E-state index < -0.39 is 0 Å². The van der Waals surface area contributed by atoms with Gasteiger partial charge in [0.2, 0.25) is 0 Å². The van der Waals surface area contributed by atoms with E-state index in [2.05, 4.69) is 15.6 Å². The van der Waals surface area contributed by atoms with E-state index >= 15 is 0 Å². The molecule has 0 spiro atoms. The zero-order valence-corrected chi connectivity index (χ0v) is 14.4. The van der Waals surface area contributed by atoms with Gasteiger partial charge in [-0.3, -0.25) is 0 Å². The third kappa shape index (κ3) is 4.79. The molecule has 0 radical (unpaired) electrons. The second-order valence-electron chi connectivity index (χ2n) is 6.23. The lowest BCUT2D eigenvalue weighted by Gasteiger charge is -2.11. The van der Waals surface area contributed by atoms with Gasteiger partial charge in [-0.25, -0.2) is 9.78 Å². The number of carbonyl (C=O) groups excluding carboxylic acids is 1. The Morgan fingerprint density at radius 3 is 2.83 bits per heavy atom. The molecule has 24 heavy (non-hydrogen) atoms. The lowest BCUT2D eigenvalue weighted by atomic mass is 10.1. The van der Waals surface area contributed by atoms with Crippen molar-refractivity contribution in [2.45, 2.75) is 31.8 Å². The Hall–Kier alpha value is -1.92. The van der Waals surface area contributed by atoms with Crippen molar-refractivity contribution < 1.29 is 9.90 Å². The molecule has 1 aliphatic rings. The Morgan fingerprint density at radius 2 is 2.08 bits per heavy atom. The minimum Gasteiger partial charge on any atom is -0.393 e. The lowest BCUT2D eigenvalue weighted by molar-refractivity contribution is 0.177. The molecule has 2 amide bonds. The largest absolute Gasteiger partial charge is 0.393 e. The van der Waals surface area contributed by atoms with Crippen molar-refractivity contribution in [2.24, 2.45) is 5.92 Å². The molecule has 0 bridgehead atoms. The molecule has 2 aromatic rings. The number of benzene rings is 1. The van der Waals surface area contributed by atoms with Gasteiger partial charge in [-0.15, -0.1) is 11.3 Å². The van der Waals surface area contributed by atoms with Crippen molar-refractivity contribution in [3.63, 3.8) is 0 Å². The first-order valence-corrected chi connectivity index (χ1v) is 9.28. The molecular weight excluding hydrogens is 322 g/mol. The highest BCUT2D eigenvalue weighted by atomic mass is 32.1. The van der Waals surface area contributed by atoms with Crippen molar-refractivity contribution in [3.05, 3.63) is 41.4 Å². The van der Waals surface area contributed by atoms with Gasteiger partial charge in [0.25, 0.3) is 0 Å². The molecule has 0 saturated heterocycles. The van der Waals surface area contributed by atoms with Gasteiger partial charge in [-0.1, -0.05) is 30.3 Å². The van der Waals surface area contributed by atoms with Crippen LogP contribution in [0, 0.1) is 5.92 Å². The monoisotopic (exact) mass is 345 g/mol. The first kappa shape index (κ1) is 16.9. The molecule has 1 saturated carbocycles. The lowest BCUT2D eigenvalue weighted by Crippen LogP contribution is -2.38. The molecule has 5 nitrogen and oxygen atoms in total. The zero-order chi connectivity index (χ0) is 16.8. The number of amides is 2. The van der Waals surface area contributed by atoms with Gasteiger partial charge >= 0.3 is 6.03 Å². The summed E-state index contributed by atoms with van der Waals surface area (Å²) in [6.07, 6.45) is 3.16. The molecular formula is C18H23N3O2S. The number of nitrogens with one attached hydrogen (secondary N) is 2. The Balaban J connectivity index is 1.37. The van der Waals surface area contributed by atoms with Crippen LogP contribution in [0.2, 0.25) is 0 Å². The van der Waals surface area contributed by atoms with Crippen LogP contribution < -0.4 is 10.6 Å². The van der Waals surface area contributed by atoms with E-state index in [9.17, 15) is 9.90 Å². The summed E-state index contributed by atoms with van der Waals surface area (Å²) in [5, 5.41) is 18.3.